The minimum Gasteiger partial charge on any atom is -0.463 e. The van der Waals surface area contributed by atoms with E-state index in [1.165, 1.54) is 25.1 Å². The number of non-ortho nitro benzene ring substituents is 1. The van der Waals surface area contributed by atoms with E-state index in [-0.39, 0.29) is 18.8 Å². The highest BCUT2D eigenvalue weighted by molar-refractivity contribution is 5.61. The summed E-state index contributed by atoms with van der Waals surface area (Å²) in [5.74, 6) is 0.291. The van der Waals surface area contributed by atoms with E-state index in [2.05, 4.69) is 5.32 Å². The fourth-order valence-electron chi connectivity index (χ4n) is 1.25. The first-order valence-electron chi connectivity index (χ1n) is 5.02. The zero-order valence-corrected chi connectivity index (χ0v) is 9.29. The maximum absolute atomic E-state index is 10.6. The molecular weight excluding hydrogens is 228 g/mol. The number of aliphatic hydroxyl groups excluding tert-OH is 2. The first kappa shape index (κ1) is 13.2. The van der Waals surface area contributed by atoms with Crippen LogP contribution in [-0.4, -0.2) is 34.6 Å². The van der Waals surface area contributed by atoms with Crippen LogP contribution < -0.4 is 10.1 Å². The number of ether oxygens (including phenoxy) is 1. The number of hydrogen-bond acceptors (Lipinski definition) is 6. The van der Waals surface area contributed by atoms with Gasteiger partial charge in [-0.05, 0) is 13.0 Å². The molecule has 1 rings (SSSR count). The fourth-order valence-corrected chi connectivity index (χ4v) is 1.25. The molecule has 0 aliphatic carbocycles. The molecule has 0 spiro atoms. The Morgan fingerprint density at radius 3 is 2.82 bits per heavy atom. The standard InChI is InChI=1S/C10H14N2O5/c1-7(14)17-10-3-2-8(12(15)16)6-9(10)11-4-5-13/h2-3,6-7,11,13-14H,4-5H2,1H3. The molecule has 0 amide bonds. The van der Waals surface area contributed by atoms with Gasteiger partial charge in [-0.25, -0.2) is 0 Å². The highest BCUT2D eigenvalue weighted by Crippen LogP contribution is 2.29. The van der Waals surface area contributed by atoms with Crippen LogP contribution in [0.25, 0.3) is 0 Å². The lowest BCUT2D eigenvalue weighted by Crippen LogP contribution is -2.13. The van der Waals surface area contributed by atoms with Crippen LogP contribution in [-0.2, 0) is 0 Å². The van der Waals surface area contributed by atoms with E-state index in [1.54, 1.807) is 0 Å². The van der Waals surface area contributed by atoms with Gasteiger partial charge in [0.15, 0.2) is 6.29 Å². The summed E-state index contributed by atoms with van der Waals surface area (Å²) in [5.41, 5.74) is 0.262. The summed E-state index contributed by atoms with van der Waals surface area (Å²) in [7, 11) is 0. The van der Waals surface area contributed by atoms with E-state index in [0.717, 1.165) is 0 Å². The van der Waals surface area contributed by atoms with Crippen molar-refractivity contribution in [2.75, 3.05) is 18.5 Å². The molecule has 0 fully saturated rings. The highest BCUT2D eigenvalue weighted by atomic mass is 16.6. The summed E-state index contributed by atoms with van der Waals surface area (Å²) in [4.78, 5) is 10.1. The Labute approximate surface area is 97.8 Å². The van der Waals surface area contributed by atoms with E-state index in [1.807, 2.05) is 0 Å². The van der Waals surface area contributed by atoms with Crippen molar-refractivity contribution in [3.05, 3.63) is 28.3 Å². The van der Waals surface area contributed by atoms with Crippen molar-refractivity contribution >= 4 is 11.4 Å². The van der Waals surface area contributed by atoms with E-state index in [9.17, 15) is 10.1 Å². The van der Waals surface area contributed by atoms with Gasteiger partial charge in [-0.2, -0.15) is 0 Å². The van der Waals surface area contributed by atoms with E-state index >= 15 is 0 Å². The van der Waals surface area contributed by atoms with Crippen molar-refractivity contribution in [1.29, 1.82) is 0 Å². The molecule has 0 saturated carbocycles. The van der Waals surface area contributed by atoms with Gasteiger partial charge in [0.25, 0.3) is 5.69 Å². The molecule has 0 bridgehead atoms. The van der Waals surface area contributed by atoms with Gasteiger partial charge < -0.3 is 20.3 Å². The Bertz CT molecular complexity index is 394. The fraction of sp³-hybridized carbons (Fsp3) is 0.400. The molecule has 0 aliphatic heterocycles. The summed E-state index contributed by atoms with van der Waals surface area (Å²) in [6, 6.07) is 3.96. The third-order valence-electron chi connectivity index (χ3n) is 1.90. The normalized spacial score (nSPS) is 11.9. The van der Waals surface area contributed by atoms with Crippen LogP contribution in [0.2, 0.25) is 0 Å². The Morgan fingerprint density at radius 1 is 1.59 bits per heavy atom. The minimum absolute atomic E-state index is 0.0941. The molecule has 17 heavy (non-hydrogen) atoms. The van der Waals surface area contributed by atoms with Crippen LogP contribution in [0.4, 0.5) is 11.4 Å². The van der Waals surface area contributed by atoms with Gasteiger partial charge in [0.1, 0.15) is 5.75 Å². The monoisotopic (exact) mass is 242 g/mol. The molecule has 0 heterocycles. The number of anilines is 1. The third-order valence-corrected chi connectivity index (χ3v) is 1.90. The van der Waals surface area contributed by atoms with E-state index < -0.39 is 11.2 Å². The van der Waals surface area contributed by atoms with Crippen LogP contribution in [0.15, 0.2) is 18.2 Å². The Kier molecular flexibility index (Phi) is 4.68. The molecule has 7 heteroatoms. The van der Waals surface area contributed by atoms with Gasteiger partial charge in [0.2, 0.25) is 0 Å². The van der Waals surface area contributed by atoms with Gasteiger partial charge in [-0.3, -0.25) is 10.1 Å². The number of nitrogens with zero attached hydrogens (tertiary/aromatic N) is 1. The number of nitro groups is 1. The number of nitrogens with one attached hydrogen (secondary N) is 1. The summed E-state index contributed by atoms with van der Waals surface area (Å²) in [5, 5.41) is 31.2. The maximum atomic E-state index is 10.6. The summed E-state index contributed by atoms with van der Waals surface area (Å²) in [6.07, 6.45) is -1.02. The SMILES string of the molecule is CC(O)Oc1ccc([N+](=O)[O-])cc1NCCO. The maximum Gasteiger partial charge on any atom is 0.271 e. The van der Waals surface area contributed by atoms with Crippen molar-refractivity contribution in [3.8, 4) is 5.75 Å². The third kappa shape index (κ3) is 3.89. The molecule has 1 atom stereocenters. The van der Waals surface area contributed by atoms with Crippen molar-refractivity contribution in [1.82, 2.24) is 0 Å². The number of hydrogen-bond donors (Lipinski definition) is 3. The van der Waals surface area contributed by atoms with E-state index in [4.69, 9.17) is 14.9 Å². The quantitative estimate of drug-likeness (QED) is 0.385. The molecule has 94 valence electrons. The van der Waals surface area contributed by atoms with Gasteiger partial charge >= 0.3 is 0 Å². The first-order valence-corrected chi connectivity index (χ1v) is 5.02. The number of aliphatic hydroxyl groups is 2. The van der Waals surface area contributed by atoms with Crippen LogP contribution in [0.1, 0.15) is 6.92 Å². The average Bonchev–Trinajstić information content (AvgIpc) is 2.26. The summed E-state index contributed by atoms with van der Waals surface area (Å²) in [6.45, 7) is 1.55. The van der Waals surface area contributed by atoms with Crippen molar-refractivity contribution < 1.29 is 19.9 Å². The van der Waals surface area contributed by atoms with E-state index in [0.29, 0.717) is 11.4 Å². The summed E-state index contributed by atoms with van der Waals surface area (Å²) < 4.78 is 5.07. The van der Waals surface area contributed by atoms with Gasteiger partial charge in [-0.15, -0.1) is 0 Å². The first-order chi connectivity index (χ1) is 8.04. The molecule has 3 N–H and O–H groups in total. The molecule has 0 aromatic heterocycles. The van der Waals surface area contributed by atoms with Gasteiger partial charge in [0.05, 0.1) is 17.2 Å². The lowest BCUT2D eigenvalue weighted by molar-refractivity contribution is -0.384. The van der Waals surface area contributed by atoms with Crippen LogP contribution >= 0.6 is 0 Å². The topological polar surface area (TPSA) is 105 Å². The second-order valence-electron chi connectivity index (χ2n) is 3.31. The minimum atomic E-state index is -1.02. The summed E-state index contributed by atoms with van der Waals surface area (Å²) >= 11 is 0. The molecule has 1 aromatic carbocycles. The molecule has 0 saturated heterocycles. The predicted molar refractivity (Wildman–Crippen MR) is 61.0 cm³/mol. The van der Waals surface area contributed by atoms with Crippen LogP contribution in [0, 0.1) is 10.1 Å². The zero-order chi connectivity index (χ0) is 12.8. The van der Waals surface area contributed by atoms with Gasteiger partial charge in [-0.1, -0.05) is 0 Å². The predicted octanol–water partition coefficient (Wildman–Crippen LogP) is 0.716. The lowest BCUT2D eigenvalue weighted by atomic mass is 10.2. The molecular formula is C10H14N2O5. The molecule has 7 nitrogen and oxygen atoms in total. The Morgan fingerprint density at radius 2 is 2.29 bits per heavy atom. The van der Waals surface area contributed by atoms with Crippen LogP contribution in [0.5, 0.6) is 5.75 Å². The smallest absolute Gasteiger partial charge is 0.271 e. The largest absolute Gasteiger partial charge is 0.463 e. The molecule has 0 aliphatic rings. The molecule has 1 unspecified atom stereocenters. The second-order valence-corrected chi connectivity index (χ2v) is 3.31. The number of nitro benzene ring substituents is 1. The average molecular weight is 242 g/mol. The molecule has 1 aromatic rings. The lowest BCUT2D eigenvalue weighted by Gasteiger charge is -2.14. The highest BCUT2D eigenvalue weighted by Gasteiger charge is 2.12. The number of rotatable bonds is 6. The van der Waals surface area contributed by atoms with Crippen molar-refractivity contribution in [2.24, 2.45) is 0 Å². The zero-order valence-electron chi connectivity index (χ0n) is 9.29. The van der Waals surface area contributed by atoms with Crippen molar-refractivity contribution in [2.45, 2.75) is 13.2 Å². The molecule has 0 radical (unpaired) electrons. The second kappa shape index (κ2) is 6.02. The van der Waals surface area contributed by atoms with Crippen LogP contribution in [0.3, 0.4) is 0 Å². The van der Waals surface area contributed by atoms with Gasteiger partial charge in [0, 0.05) is 18.7 Å². The Hall–Kier alpha value is -1.86. The Balaban J connectivity index is 2.98. The van der Waals surface area contributed by atoms with Crippen molar-refractivity contribution in [3.63, 3.8) is 0 Å². The number of benzene rings is 1.